The normalized spacial score (nSPS) is 10.8. The molecule has 0 amide bonds. The van der Waals surface area contributed by atoms with Gasteiger partial charge in [-0.15, -0.1) is 0 Å². The molecule has 0 atom stereocenters. The summed E-state index contributed by atoms with van der Waals surface area (Å²) in [5.41, 5.74) is 1.82. The van der Waals surface area contributed by atoms with Gasteiger partial charge in [-0.3, -0.25) is 0 Å². The highest BCUT2D eigenvalue weighted by Gasteiger charge is 2.10. The summed E-state index contributed by atoms with van der Waals surface area (Å²) in [7, 11) is 0. The molecule has 0 aliphatic carbocycles. The van der Waals surface area contributed by atoms with Crippen LogP contribution in [0.2, 0.25) is 5.15 Å². The predicted octanol–water partition coefficient (Wildman–Crippen LogP) is 3.92. The molecular weight excluding hydrogens is 210 g/mol. The highest BCUT2D eigenvalue weighted by Crippen LogP contribution is 2.26. The van der Waals surface area contributed by atoms with Crippen LogP contribution in [0.15, 0.2) is 6.07 Å². The Labute approximate surface area is 96.6 Å². The summed E-state index contributed by atoms with van der Waals surface area (Å²) in [6, 6.07) is 1.94. The first-order valence-corrected chi connectivity index (χ1v) is 5.76. The van der Waals surface area contributed by atoms with Gasteiger partial charge in [0.15, 0.2) is 0 Å². The lowest BCUT2D eigenvalue weighted by molar-refractivity contribution is 0.191. The van der Waals surface area contributed by atoms with Crippen molar-refractivity contribution in [2.45, 2.75) is 46.6 Å². The lowest BCUT2D eigenvalue weighted by atomic mass is 10.2. The molecule has 15 heavy (non-hydrogen) atoms. The summed E-state index contributed by atoms with van der Waals surface area (Å²) in [5.74, 6) is 0.862. The van der Waals surface area contributed by atoms with Crippen LogP contribution in [-0.4, -0.2) is 11.1 Å². The molecule has 0 aliphatic rings. The highest BCUT2D eigenvalue weighted by molar-refractivity contribution is 6.30. The Hall–Kier alpha value is -0.760. The number of hydrogen-bond acceptors (Lipinski definition) is 2. The van der Waals surface area contributed by atoms with E-state index in [1.54, 1.807) is 0 Å². The van der Waals surface area contributed by atoms with Crippen LogP contribution < -0.4 is 4.74 Å². The molecule has 3 heteroatoms. The minimum Gasteiger partial charge on any atom is -0.490 e. The maximum atomic E-state index is 6.00. The van der Waals surface area contributed by atoms with Crippen molar-refractivity contribution in [3.63, 3.8) is 0 Å². The minimum atomic E-state index is 0.265. The second kappa shape index (κ2) is 5.36. The van der Waals surface area contributed by atoms with Crippen LogP contribution in [0, 0.1) is 13.8 Å². The van der Waals surface area contributed by atoms with E-state index in [1.807, 2.05) is 19.9 Å². The molecule has 0 saturated heterocycles. The SMILES string of the molecule is CCC(CC)Oc1cc(C)nc(Cl)c1C. The van der Waals surface area contributed by atoms with Crippen molar-refractivity contribution in [3.05, 3.63) is 22.5 Å². The fourth-order valence-electron chi connectivity index (χ4n) is 1.43. The summed E-state index contributed by atoms with van der Waals surface area (Å²) in [6.07, 6.45) is 2.28. The molecule has 0 aromatic carbocycles. The zero-order valence-corrected chi connectivity index (χ0v) is 10.6. The first kappa shape index (κ1) is 12.3. The monoisotopic (exact) mass is 227 g/mol. The Kier molecular flexibility index (Phi) is 4.40. The largest absolute Gasteiger partial charge is 0.490 e. The fourth-order valence-corrected chi connectivity index (χ4v) is 1.65. The van der Waals surface area contributed by atoms with Crippen molar-refractivity contribution in [3.8, 4) is 5.75 Å². The van der Waals surface area contributed by atoms with E-state index in [0.717, 1.165) is 29.8 Å². The Morgan fingerprint density at radius 1 is 1.33 bits per heavy atom. The summed E-state index contributed by atoms with van der Waals surface area (Å²) in [4.78, 5) is 4.18. The van der Waals surface area contributed by atoms with Gasteiger partial charge in [0.25, 0.3) is 0 Å². The van der Waals surface area contributed by atoms with Gasteiger partial charge in [0.2, 0.25) is 0 Å². The first-order valence-electron chi connectivity index (χ1n) is 5.38. The van der Waals surface area contributed by atoms with E-state index in [4.69, 9.17) is 16.3 Å². The maximum Gasteiger partial charge on any atom is 0.135 e. The summed E-state index contributed by atoms with van der Waals surface area (Å²) in [5, 5.41) is 0.538. The van der Waals surface area contributed by atoms with Gasteiger partial charge in [-0.2, -0.15) is 0 Å². The molecule has 0 saturated carbocycles. The molecule has 0 unspecified atom stereocenters. The summed E-state index contributed by atoms with van der Waals surface area (Å²) >= 11 is 6.00. The van der Waals surface area contributed by atoms with E-state index >= 15 is 0 Å². The molecule has 1 aromatic heterocycles. The van der Waals surface area contributed by atoms with Crippen LogP contribution in [0.4, 0.5) is 0 Å². The number of pyridine rings is 1. The number of halogens is 1. The minimum absolute atomic E-state index is 0.265. The van der Waals surface area contributed by atoms with E-state index in [0.29, 0.717) is 5.15 Å². The van der Waals surface area contributed by atoms with Crippen LogP contribution >= 0.6 is 11.6 Å². The second-order valence-electron chi connectivity index (χ2n) is 3.73. The van der Waals surface area contributed by atoms with Gasteiger partial charge in [-0.05, 0) is 26.7 Å². The third-order valence-corrected chi connectivity index (χ3v) is 2.87. The molecule has 0 N–H and O–H groups in total. The zero-order valence-electron chi connectivity index (χ0n) is 9.80. The number of ether oxygens (including phenoxy) is 1. The van der Waals surface area contributed by atoms with Gasteiger partial charge < -0.3 is 4.74 Å². The number of rotatable bonds is 4. The van der Waals surface area contributed by atoms with E-state index in [2.05, 4.69) is 18.8 Å². The molecule has 2 nitrogen and oxygen atoms in total. The van der Waals surface area contributed by atoms with Crippen LogP contribution in [-0.2, 0) is 0 Å². The smallest absolute Gasteiger partial charge is 0.135 e. The van der Waals surface area contributed by atoms with Crippen LogP contribution in [0.3, 0.4) is 0 Å². The average Bonchev–Trinajstić information content (AvgIpc) is 2.21. The van der Waals surface area contributed by atoms with Gasteiger partial charge in [-0.1, -0.05) is 25.4 Å². The standard InChI is InChI=1S/C12H18ClNO/c1-5-10(6-2)15-11-7-8(3)14-12(13)9(11)4/h7,10H,5-6H2,1-4H3. The maximum absolute atomic E-state index is 6.00. The van der Waals surface area contributed by atoms with Gasteiger partial charge in [-0.25, -0.2) is 4.98 Å². The second-order valence-corrected chi connectivity index (χ2v) is 4.09. The third kappa shape index (κ3) is 3.10. The topological polar surface area (TPSA) is 22.1 Å². The van der Waals surface area contributed by atoms with Gasteiger partial charge in [0.1, 0.15) is 10.9 Å². The van der Waals surface area contributed by atoms with Crippen molar-refractivity contribution >= 4 is 11.6 Å². The molecule has 0 bridgehead atoms. The molecule has 1 rings (SSSR count). The summed E-state index contributed by atoms with van der Waals surface area (Å²) in [6.45, 7) is 8.11. The zero-order chi connectivity index (χ0) is 11.4. The van der Waals surface area contributed by atoms with E-state index in [1.165, 1.54) is 0 Å². The summed E-state index contributed by atoms with van der Waals surface area (Å²) < 4.78 is 5.88. The number of aromatic nitrogens is 1. The number of aryl methyl sites for hydroxylation is 1. The predicted molar refractivity (Wildman–Crippen MR) is 63.7 cm³/mol. The van der Waals surface area contributed by atoms with Crippen LogP contribution in [0.5, 0.6) is 5.75 Å². The average molecular weight is 228 g/mol. The Balaban J connectivity index is 2.93. The van der Waals surface area contributed by atoms with E-state index < -0.39 is 0 Å². The molecule has 0 aliphatic heterocycles. The highest BCUT2D eigenvalue weighted by atomic mass is 35.5. The van der Waals surface area contributed by atoms with Crippen LogP contribution in [0.1, 0.15) is 37.9 Å². The fraction of sp³-hybridized carbons (Fsp3) is 0.583. The number of hydrogen-bond donors (Lipinski definition) is 0. The lowest BCUT2D eigenvalue weighted by Crippen LogP contribution is -2.14. The first-order chi connectivity index (χ1) is 7.08. The van der Waals surface area contributed by atoms with E-state index in [-0.39, 0.29) is 6.10 Å². The molecule has 1 heterocycles. The molecular formula is C12H18ClNO. The van der Waals surface area contributed by atoms with Crippen molar-refractivity contribution in [1.29, 1.82) is 0 Å². The molecule has 0 radical (unpaired) electrons. The van der Waals surface area contributed by atoms with Crippen molar-refractivity contribution < 1.29 is 4.74 Å². The van der Waals surface area contributed by atoms with Gasteiger partial charge in [0, 0.05) is 17.3 Å². The molecule has 84 valence electrons. The molecule has 0 spiro atoms. The quantitative estimate of drug-likeness (QED) is 0.728. The molecule has 0 fully saturated rings. The number of nitrogens with zero attached hydrogens (tertiary/aromatic N) is 1. The van der Waals surface area contributed by atoms with Gasteiger partial charge >= 0.3 is 0 Å². The Morgan fingerprint density at radius 2 is 1.93 bits per heavy atom. The Bertz CT molecular complexity index is 335. The van der Waals surface area contributed by atoms with Crippen LogP contribution in [0.25, 0.3) is 0 Å². The lowest BCUT2D eigenvalue weighted by Gasteiger charge is -2.18. The third-order valence-electron chi connectivity index (χ3n) is 2.50. The van der Waals surface area contributed by atoms with Gasteiger partial charge in [0.05, 0.1) is 6.10 Å². The van der Waals surface area contributed by atoms with Crippen molar-refractivity contribution in [1.82, 2.24) is 4.98 Å². The molecule has 1 aromatic rings. The Morgan fingerprint density at radius 3 is 2.47 bits per heavy atom. The van der Waals surface area contributed by atoms with Crippen molar-refractivity contribution in [2.24, 2.45) is 0 Å². The van der Waals surface area contributed by atoms with Crippen molar-refractivity contribution in [2.75, 3.05) is 0 Å². The van der Waals surface area contributed by atoms with E-state index in [9.17, 15) is 0 Å².